The average Bonchev–Trinajstić information content (AvgIpc) is 2.87. The number of aromatic nitrogens is 1. The summed E-state index contributed by atoms with van der Waals surface area (Å²) in [5.74, 6) is -0.326. The third kappa shape index (κ3) is 6.02. The Labute approximate surface area is 185 Å². The third-order valence-corrected chi connectivity index (χ3v) is 4.96. The fraction of sp³-hybridized carbons (Fsp3) is 0.364. The van der Waals surface area contributed by atoms with Gasteiger partial charge in [-0.15, -0.1) is 0 Å². The van der Waals surface area contributed by atoms with Crippen LogP contribution in [0, 0.1) is 63.4 Å². The van der Waals surface area contributed by atoms with Crippen molar-refractivity contribution in [1.29, 1.82) is 0 Å². The second-order valence-electron chi connectivity index (χ2n) is 7.03. The summed E-state index contributed by atoms with van der Waals surface area (Å²) < 4.78 is 0. The summed E-state index contributed by atoms with van der Waals surface area (Å²) in [6.45, 7) is 11.6. The van der Waals surface area contributed by atoms with E-state index in [-0.39, 0.29) is 55.3 Å². The predicted molar refractivity (Wildman–Crippen MR) is 102 cm³/mol. The molecule has 1 saturated heterocycles. The third-order valence-electron chi connectivity index (χ3n) is 4.96. The number of carbonyl (C=O) groups is 2. The van der Waals surface area contributed by atoms with E-state index in [4.69, 9.17) is 0 Å². The summed E-state index contributed by atoms with van der Waals surface area (Å²) in [7, 11) is 0. The zero-order chi connectivity index (χ0) is 19.3. The van der Waals surface area contributed by atoms with Crippen molar-refractivity contribution in [2.45, 2.75) is 46.5 Å². The molecule has 1 aliphatic heterocycles. The summed E-state index contributed by atoms with van der Waals surface area (Å²) >= 11 is 0. The molecular weight excluding hydrogens is 562 g/mol. The van der Waals surface area contributed by atoms with E-state index in [1.165, 1.54) is 5.56 Å². The van der Waals surface area contributed by atoms with Gasteiger partial charge in [0.15, 0.2) is 0 Å². The molecule has 0 saturated carbocycles. The van der Waals surface area contributed by atoms with Crippen LogP contribution in [-0.4, -0.2) is 16.8 Å². The van der Waals surface area contributed by atoms with Crippen LogP contribution < -0.4 is 5.32 Å². The van der Waals surface area contributed by atoms with Gasteiger partial charge < -0.3 is 11.9 Å². The molecule has 3 rings (SSSR count). The second-order valence-corrected chi connectivity index (χ2v) is 7.03. The van der Waals surface area contributed by atoms with E-state index < -0.39 is 5.41 Å². The van der Waals surface area contributed by atoms with E-state index in [0.717, 1.165) is 23.4 Å². The van der Waals surface area contributed by atoms with Crippen LogP contribution in [0.25, 0.3) is 0 Å². The molecule has 5 heteroatoms. The van der Waals surface area contributed by atoms with Crippen LogP contribution in [0.5, 0.6) is 0 Å². The van der Waals surface area contributed by atoms with Gasteiger partial charge in [-0.2, -0.15) is 24.6 Å². The minimum Gasteiger partial charge on any atom is -0.385 e. The predicted octanol–water partition coefficient (Wildman–Crippen LogP) is 3.72. The monoisotopic (exact) mass is 588 g/mol. The van der Waals surface area contributed by atoms with Gasteiger partial charge in [-0.3, -0.25) is 14.9 Å². The second kappa shape index (κ2) is 10.2. The standard InChI is InChI=1S/C15H18NO2.C7H8N.U/c1-4-11-5-7-12(8-6-11)10(2)15(3)9-13(17)16-14(15)18;1-6-4-3-5-7(2)8-6;/h5-8,10H,1,4,9H2,2-3H3,(H,16,17,18);4-5H,1-2H3;/q2*-1;+2/t10-,15+;;/m1../s1. The molecular formula is C22H26N2O2U. The molecule has 0 spiro atoms. The van der Waals surface area contributed by atoms with Gasteiger partial charge in [0.25, 0.3) is 0 Å². The molecule has 2 heterocycles. The molecule has 1 aromatic heterocycles. The van der Waals surface area contributed by atoms with Gasteiger partial charge in [0, 0.05) is 6.42 Å². The first-order valence-electron chi connectivity index (χ1n) is 8.80. The summed E-state index contributed by atoms with van der Waals surface area (Å²) in [5, 5.41) is 2.39. The minimum atomic E-state index is -0.636. The maximum atomic E-state index is 11.9. The van der Waals surface area contributed by atoms with Crippen molar-refractivity contribution >= 4 is 11.8 Å². The van der Waals surface area contributed by atoms with Gasteiger partial charge >= 0.3 is 31.1 Å². The molecule has 0 radical (unpaired) electrons. The van der Waals surface area contributed by atoms with Crippen LogP contribution in [-0.2, 0) is 16.0 Å². The Hall–Kier alpha value is -1.44. The molecule has 1 aliphatic rings. The van der Waals surface area contributed by atoms with E-state index in [1.807, 2.05) is 64.1 Å². The number of carbonyl (C=O) groups excluding carboxylic acids is 2. The van der Waals surface area contributed by atoms with Crippen molar-refractivity contribution in [2.24, 2.45) is 5.41 Å². The largest absolute Gasteiger partial charge is 2.00 e. The van der Waals surface area contributed by atoms with Crippen molar-refractivity contribution < 1.29 is 40.7 Å². The Morgan fingerprint density at radius 2 is 1.74 bits per heavy atom. The first kappa shape index (κ1) is 23.6. The van der Waals surface area contributed by atoms with Gasteiger partial charge in [-0.1, -0.05) is 62.0 Å². The summed E-state index contributed by atoms with van der Waals surface area (Å²) in [4.78, 5) is 27.4. The van der Waals surface area contributed by atoms with Gasteiger partial charge in [-0.05, 0) is 18.4 Å². The number of hydrogen-bond acceptors (Lipinski definition) is 3. The molecule has 27 heavy (non-hydrogen) atoms. The van der Waals surface area contributed by atoms with Crippen LogP contribution in [0.3, 0.4) is 0 Å². The molecule has 2 aromatic rings. The topological polar surface area (TPSA) is 59.1 Å². The van der Waals surface area contributed by atoms with E-state index in [0.29, 0.717) is 0 Å². The quantitative estimate of drug-likeness (QED) is 0.440. The van der Waals surface area contributed by atoms with Crippen LogP contribution in [0.1, 0.15) is 48.7 Å². The first-order chi connectivity index (χ1) is 12.3. The van der Waals surface area contributed by atoms with Gasteiger partial charge in [0.2, 0.25) is 11.8 Å². The van der Waals surface area contributed by atoms with E-state index >= 15 is 0 Å². The minimum absolute atomic E-state index is 0. The van der Waals surface area contributed by atoms with Gasteiger partial charge in [0.05, 0.1) is 5.41 Å². The van der Waals surface area contributed by atoms with Crippen LogP contribution in [0.4, 0.5) is 0 Å². The number of amides is 2. The molecule has 1 N–H and O–H groups in total. The molecule has 2 amide bonds. The normalized spacial score (nSPS) is 19.4. The van der Waals surface area contributed by atoms with Crippen molar-refractivity contribution in [3.63, 3.8) is 0 Å². The fourth-order valence-corrected chi connectivity index (χ4v) is 3.04. The Balaban J connectivity index is 0.000000342. The summed E-state index contributed by atoms with van der Waals surface area (Å²) in [5.41, 5.74) is 3.68. The number of nitrogens with one attached hydrogen (secondary N) is 1. The molecule has 0 aliphatic carbocycles. The number of nitrogens with zero attached hydrogens (tertiary/aromatic N) is 1. The number of rotatable bonds is 3. The number of hydrogen-bond donors (Lipinski definition) is 1. The SMILES string of the molecule is Cc1c[c-]cc(C)n1.[CH2-]Cc1ccc([C@@H](C)[C@]2(C)CC(=O)NC2=O)cc1.[U+2]. The van der Waals surface area contributed by atoms with Crippen molar-refractivity contribution in [1.82, 2.24) is 10.3 Å². The van der Waals surface area contributed by atoms with E-state index in [9.17, 15) is 9.59 Å². The average molecular weight is 588 g/mol. The molecule has 2 atom stereocenters. The van der Waals surface area contributed by atoms with E-state index in [2.05, 4.69) is 23.3 Å². The van der Waals surface area contributed by atoms with Crippen molar-refractivity contribution in [2.75, 3.05) is 0 Å². The first-order valence-corrected chi connectivity index (χ1v) is 8.80. The summed E-state index contributed by atoms with van der Waals surface area (Å²) in [6.07, 6.45) is 1.02. The molecule has 0 unspecified atom stereocenters. The maximum absolute atomic E-state index is 11.9. The van der Waals surface area contributed by atoms with Gasteiger partial charge in [0.1, 0.15) is 0 Å². The number of pyridine rings is 1. The number of imide groups is 1. The molecule has 1 fully saturated rings. The number of aryl methyl sites for hydroxylation is 2. The Kier molecular flexibility index (Phi) is 8.92. The Bertz CT molecular complexity index is 772. The molecule has 1 aromatic carbocycles. The van der Waals surface area contributed by atoms with Crippen molar-refractivity contribution in [3.8, 4) is 0 Å². The molecule has 0 bridgehead atoms. The molecule has 4 nitrogen and oxygen atoms in total. The Morgan fingerprint density at radius 3 is 2.11 bits per heavy atom. The van der Waals surface area contributed by atoms with Crippen LogP contribution in [0.15, 0.2) is 36.4 Å². The zero-order valence-electron chi connectivity index (χ0n) is 16.4. The Morgan fingerprint density at radius 1 is 1.19 bits per heavy atom. The van der Waals surface area contributed by atoms with Gasteiger partial charge in [-0.25, -0.2) is 0 Å². The fourth-order valence-electron chi connectivity index (χ4n) is 3.04. The van der Waals surface area contributed by atoms with E-state index in [1.54, 1.807) is 0 Å². The summed E-state index contributed by atoms with van der Waals surface area (Å²) in [6, 6.07) is 14.8. The van der Waals surface area contributed by atoms with Crippen LogP contribution >= 0.6 is 0 Å². The zero-order valence-corrected chi connectivity index (χ0v) is 20.6. The number of benzene rings is 1. The maximum Gasteiger partial charge on any atom is 2.00 e. The van der Waals surface area contributed by atoms with Crippen molar-refractivity contribution in [3.05, 3.63) is 71.9 Å². The molecule has 140 valence electrons. The smallest absolute Gasteiger partial charge is 0.385 e. The van der Waals surface area contributed by atoms with Crippen LogP contribution in [0.2, 0.25) is 0 Å².